The Kier molecular flexibility index (Phi) is 2.84. The first kappa shape index (κ1) is 10.2. The SMILES string of the molecule is [C-]#[N+]c1ccc(Cn2ccccc2=O)cc1. The van der Waals surface area contributed by atoms with E-state index in [4.69, 9.17) is 6.57 Å². The van der Waals surface area contributed by atoms with Gasteiger partial charge in [0.25, 0.3) is 5.56 Å². The summed E-state index contributed by atoms with van der Waals surface area (Å²) >= 11 is 0. The van der Waals surface area contributed by atoms with Crippen LogP contribution in [0.25, 0.3) is 4.85 Å². The number of nitrogens with zero attached hydrogens (tertiary/aromatic N) is 2. The molecular weight excluding hydrogens is 200 g/mol. The van der Waals surface area contributed by atoms with E-state index in [9.17, 15) is 4.79 Å². The molecule has 1 aromatic carbocycles. The van der Waals surface area contributed by atoms with Crippen LogP contribution in [0.5, 0.6) is 0 Å². The van der Waals surface area contributed by atoms with E-state index in [2.05, 4.69) is 4.85 Å². The third-order valence-corrected chi connectivity index (χ3v) is 2.32. The standard InChI is InChI=1S/C13H10N2O/c1-14-12-7-5-11(6-8-12)10-15-9-3-2-4-13(15)16/h2-9H,10H2. The number of aromatic nitrogens is 1. The van der Waals surface area contributed by atoms with Gasteiger partial charge in [0.15, 0.2) is 5.69 Å². The Labute approximate surface area is 93.4 Å². The van der Waals surface area contributed by atoms with E-state index in [1.54, 1.807) is 29.0 Å². The highest BCUT2D eigenvalue weighted by Gasteiger charge is 1.97. The lowest BCUT2D eigenvalue weighted by Crippen LogP contribution is -2.18. The minimum atomic E-state index is -0.0169. The highest BCUT2D eigenvalue weighted by Crippen LogP contribution is 2.12. The van der Waals surface area contributed by atoms with Crippen molar-refractivity contribution in [2.45, 2.75) is 6.54 Å². The summed E-state index contributed by atoms with van der Waals surface area (Å²) in [6.45, 7) is 7.38. The predicted octanol–water partition coefficient (Wildman–Crippen LogP) is 2.45. The third-order valence-electron chi connectivity index (χ3n) is 2.32. The van der Waals surface area contributed by atoms with E-state index in [1.807, 2.05) is 18.2 Å². The normalized spacial score (nSPS) is 9.69. The van der Waals surface area contributed by atoms with Crippen molar-refractivity contribution in [3.63, 3.8) is 0 Å². The smallest absolute Gasteiger partial charge is 0.250 e. The maximum Gasteiger partial charge on any atom is 0.250 e. The second-order valence-electron chi connectivity index (χ2n) is 3.45. The molecule has 2 aromatic rings. The molecule has 3 nitrogen and oxygen atoms in total. The Balaban J connectivity index is 2.25. The van der Waals surface area contributed by atoms with Crippen molar-refractivity contribution in [3.8, 4) is 0 Å². The van der Waals surface area contributed by atoms with Gasteiger partial charge in [-0.1, -0.05) is 30.3 Å². The minimum Gasteiger partial charge on any atom is -0.311 e. The average molecular weight is 210 g/mol. The fourth-order valence-electron chi connectivity index (χ4n) is 1.46. The lowest BCUT2D eigenvalue weighted by molar-refractivity contribution is 0.759. The van der Waals surface area contributed by atoms with Gasteiger partial charge in [-0.05, 0) is 11.6 Å². The van der Waals surface area contributed by atoms with Gasteiger partial charge in [-0.15, -0.1) is 0 Å². The van der Waals surface area contributed by atoms with Gasteiger partial charge in [0.2, 0.25) is 0 Å². The maximum absolute atomic E-state index is 11.5. The van der Waals surface area contributed by atoms with Crippen LogP contribution in [0, 0.1) is 6.57 Å². The lowest BCUT2D eigenvalue weighted by atomic mass is 10.2. The number of pyridine rings is 1. The Morgan fingerprint density at radius 3 is 2.50 bits per heavy atom. The van der Waals surface area contributed by atoms with E-state index in [0.717, 1.165) is 5.56 Å². The zero-order valence-corrected chi connectivity index (χ0v) is 8.63. The molecule has 0 fully saturated rings. The van der Waals surface area contributed by atoms with Crippen LogP contribution in [-0.2, 0) is 6.54 Å². The summed E-state index contributed by atoms with van der Waals surface area (Å²) < 4.78 is 1.63. The molecule has 0 atom stereocenters. The topological polar surface area (TPSA) is 26.4 Å². The molecule has 78 valence electrons. The second kappa shape index (κ2) is 4.45. The summed E-state index contributed by atoms with van der Waals surface area (Å²) in [5, 5.41) is 0. The van der Waals surface area contributed by atoms with E-state index >= 15 is 0 Å². The number of rotatable bonds is 2. The van der Waals surface area contributed by atoms with Crippen molar-refractivity contribution in [2.75, 3.05) is 0 Å². The second-order valence-corrected chi connectivity index (χ2v) is 3.45. The molecule has 3 heteroatoms. The number of hydrogen-bond donors (Lipinski definition) is 0. The largest absolute Gasteiger partial charge is 0.311 e. The van der Waals surface area contributed by atoms with Gasteiger partial charge in [0.1, 0.15) is 0 Å². The molecule has 0 spiro atoms. The van der Waals surface area contributed by atoms with Crippen LogP contribution in [0.2, 0.25) is 0 Å². The highest BCUT2D eigenvalue weighted by atomic mass is 16.1. The fraction of sp³-hybridized carbons (Fsp3) is 0.0769. The van der Waals surface area contributed by atoms with E-state index in [1.165, 1.54) is 6.07 Å². The zero-order chi connectivity index (χ0) is 11.4. The Morgan fingerprint density at radius 2 is 1.88 bits per heavy atom. The van der Waals surface area contributed by atoms with Gasteiger partial charge < -0.3 is 4.57 Å². The van der Waals surface area contributed by atoms with Gasteiger partial charge in [-0.25, -0.2) is 4.85 Å². The predicted molar refractivity (Wildman–Crippen MR) is 62.5 cm³/mol. The van der Waals surface area contributed by atoms with Crippen LogP contribution >= 0.6 is 0 Å². The molecule has 0 aliphatic carbocycles. The summed E-state index contributed by atoms with van der Waals surface area (Å²) in [7, 11) is 0. The average Bonchev–Trinajstić information content (AvgIpc) is 2.33. The summed E-state index contributed by atoms with van der Waals surface area (Å²) in [6, 6.07) is 12.3. The van der Waals surface area contributed by atoms with E-state index in [0.29, 0.717) is 12.2 Å². The van der Waals surface area contributed by atoms with E-state index in [-0.39, 0.29) is 5.56 Å². The first-order valence-electron chi connectivity index (χ1n) is 4.91. The van der Waals surface area contributed by atoms with Crippen LogP contribution in [-0.4, -0.2) is 4.57 Å². The molecule has 0 bridgehead atoms. The van der Waals surface area contributed by atoms with Gasteiger partial charge >= 0.3 is 0 Å². The van der Waals surface area contributed by atoms with Crippen molar-refractivity contribution < 1.29 is 0 Å². The Hall–Kier alpha value is -2.34. The van der Waals surface area contributed by atoms with Crippen LogP contribution in [0.1, 0.15) is 5.56 Å². The van der Waals surface area contributed by atoms with Gasteiger partial charge in [-0.2, -0.15) is 0 Å². The Morgan fingerprint density at radius 1 is 1.12 bits per heavy atom. The molecule has 0 saturated carbocycles. The number of hydrogen-bond acceptors (Lipinski definition) is 1. The summed E-state index contributed by atoms with van der Waals surface area (Å²) in [6.07, 6.45) is 1.76. The van der Waals surface area contributed by atoms with Crippen LogP contribution in [0.4, 0.5) is 5.69 Å². The van der Waals surface area contributed by atoms with Crippen molar-refractivity contribution in [2.24, 2.45) is 0 Å². The zero-order valence-electron chi connectivity index (χ0n) is 8.63. The monoisotopic (exact) mass is 210 g/mol. The van der Waals surface area contributed by atoms with Gasteiger partial charge in [0.05, 0.1) is 13.1 Å². The van der Waals surface area contributed by atoms with Crippen LogP contribution in [0.3, 0.4) is 0 Å². The van der Waals surface area contributed by atoms with E-state index < -0.39 is 0 Å². The quantitative estimate of drug-likeness (QED) is 0.699. The lowest BCUT2D eigenvalue weighted by Gasteiger charge is -2.04. The van der Waals surface area contributed by atoms with Crippen molar-refractivity contribution >= 4 is 5.69 Å². The molecule has 16 heavy (non-hydrogen) atoms. The van der Waals surface area contributed by atoms with Gasteiger partial charge in [-0.3, -0.25) is 4.79 Å². The molecule has 0 aliphatic rings. The third kappa shape index (κ3) is 2.18. The molecule has 0 saturated heterocycles. The van der Waals surface area contributed by atoms with Crippen LogP contribution < -0.4 is 5.56 Å². The molecule has 0 amide bonds. The van der Waals surface area contributed by atoms with Crippen molar-refractivity contribution in [1.82, 2.24) is 4.57 Å². The highest BCUT2D eigenvalue weighted by molar-refractivity contribution is 5.45. The fourth-order valence-corrected chi connectivity index (χ4v) is 1.46. The number of benzene rings is 1. The molecular formula is C13H10N2O. The molecule has 0 aliphatic heterocycles. The molecule has 0 unspecified atom stereocenters. The summed E-state index contributed by atoms with van der Waals surface area (Å²) in [5.74, 6) is 0. The van der Waals surface area contributed by atoms with Crippen molar-refractivity contribution in [3.05, 3.63) is 76.0 Å². The Bertz CT molecular complexity index is 576. The minimum absolute atomic E-state index is 0.0169. The molecule has 0 N–H and O–H groups in total. The summed E-state index contributed by atoms with van der Waals surface area (Å²) in [4.78, 5) is 14.8. The molecule has 2 rings (SSSR count). The van der Waals surface area contributed by atoms with Crippen molar-refractivity contribution in [1.29, 1.82) is 0 Å². The van der Waals surface area contributed by atoms with Gasteiger partial charge in [0, 0.05) is 12.3 Å². The molecule has 1 heterocycles. The van der Waals surface area contributed by atoms with Crippen LogP contribution in [0.15, 0.2) is 53.5 Å². The first-order chi connectivity index (χ1) is 7.79. The molecule has 1 aromatic heterocycles. The maximum atomic E-state index is 11.5. The summed E-state index contributed by atoms with van der Waals surface area (Å²) in [5.41, 5.74) is 1.61. The molecule has 0 radical (unpaired) electrons. The first-order valence-corrected chi connectivity index (χ1v) is 4.91.